The molecule has 0 bridgehead atoms. The van der Waals surface area contributed by atoms with Gasteiger partial charge >= 0.3 is 5.97 Å². The Morgan fingerprint density at radius 3 is 2.92 bits per heavy atom. The van der Waals surface area contributed by atoms with Crippen molar-refractivity contribution in [1.29, 1.82) is 0 Å². The van der Waals surface area contributed by atoms with Gasteiger partial charge in [-0.15, -0.1) is 0 Å². The first-order valence-electron chi connectivity index (χ1n) is 8.72. The van der Waals surface area contributed by atoms with E-state index in [1.165, 1.54) is 18.4 Å². The van der Waals surface area contributed by atoms with Crippen LogP contribution >= 0.6 is 0 Å². The Labute approximate surface area is 145 Å². The minimum absolute atomic E-state index is 0.368. The Balaban J connectivity index is 1.46. The van der Waals surface area contributed by atoms with Crippen LogP contribution in [0.1, 0.15) is 35.5 Å². The van der Waals surface area contributed by atoms with Crippen LogP contribution in [0.4, 0.5) is 0 Å². The normalized spacial score (nSPS) is 15.2. The number of aryl methyl sites for hydroxylation is 2. The smallest absolute Gasteiger partial charge is 0.321 e. The molecule has 3 aromatic rings. The number of aliphatic carboxylic acids is 1. The number of carbonyl (C=O) groups is 1. The van der Waals surface area contributed by atoms with Gasteiger partial charge in [-0.25, -0.2) is 0 Å². The van der Waals surface area contributed by atoms with Crippen molar-refractivity contribution >= 4 is 16.9 Å². The van der Waals surface area contributed by atoms with E-state index in [0.29, 0.717) is 13.0 Å². The zero-order valence-corrected chi connectivity index (χ0v) is 14.0. The SMILES string of the molecule is O=C(O)C(Cc1coc2ccccc12)NCc1cc2c(o1)CCCC2. The van der Waals surface area contributed by atoms with Crippen molar-refractivity contribution in [3.8, 4) is 0 Å². The van der Waals surface area contributed by atoms with Crippen LogP contribution in [-0.4, -0.2) is 17.1 Å². The van der Waals surface area contributed by atoms with Crippen LogP contribution in [0.3, 0.4) is 0 Å². The van der Waals surface area contributed by atoms with Gasteiger partial charge in [-0.3, -0.25) is 10.1 Å². The molecule has 2 heterocycles. The molecule has 0 amide bonds. The van der Waals surface area contributed by atoms with E-state index in [2.05, 4.69) is 11.4 Å². The maximum absolute atomic E-state index is 11.7. The van der Waals surface area contributed by atoms with Gasteiger partial charge in [0.05, 0.1) is 12.8 Å². The lowest BCUT2D eigenvalue weighted by molar-refractivity contribution is -0.139. The first-order chi connectivity index (χ1) is 12.2. The fraction of sp³-hybridized carbons (Fsp3) is 0.350. The van der Waals surface area contributed by atoms with Crippen molar-refractivity contribution < 1.29 is 18.7 Å². The summed E-state index contributed by atoms with van der Waals surface area (Å²) in [6.45, 7) is 0.416. The molecule has 4 rings (SSSR count). The summed E-state index contributed by atoms with van der Waals surface area (Å²) < 4.78 is 11.4. The first-order valence-corrected chi connectivity index (χ1v) is 8.72. The summed E-state index contributed by atoms with van der Waals surface area (Å²) in [6.07, 6.45) is 6.42. The third-order valence-electron chi connectivity index (χ3n) is 4.85. The lowest BCUT2D eigenvalue weighted by atomic mass is 9.99. The molecule has 0 fully saturated rings. The van der Waals surface area contributed by atoms with Gasteiger partial charge in [-0.2, -0.15) is 0 Å². The van der Waals surface area contributed by atoms with Crippen molar-refractivity contribution in [3.63, 3.8) is 0 Å². The number of nitrogens with one attached hydrogen (secondary N) is 1. The molecular formula is C20H21NO4. The van der Waals surface area contributed by atoms with Crippen LogP contribution < -0.4 is 5.32 Å². The van der Waals surface area contributed by atoms with Gasteiger partial charge in [-0.05, 0) is 37.0 Å². The largest absolute Gasteiger partial charge is 0.480 e. The minimum Gasteiger partial charge on any atom is -0.480 e. The van der Waals surface area contributed by atoms with E-state index >= 15 is 0 Å². The van der Waals surface area contributed by atoms with E-state index in [-0.39, 0.29) is 0 Å². The van der Waals surface area contributed by atoms with Crippen LogP contribution in [0.5, 0.6) is 0 Å². The number of furan rings is 2. The highest BCUT2D eigenvalue weighted by Crippen LogP contribution is 2.25. The molecule has 2 aromatic heterocycles. The predicted molar refractivity (Wildman–Crippen MR) is 93.5 cm³/mol. The number of para-hydroxylation sites is 1. The van der Waals surface area contributed by atoms with Gasteiger partial charge in [0.2, 0.25) is 0 Å². The standard InChI is InChI=1S/C20H21NO4/c22-20(23)17(10-14-12-24-19-8-4-2-6-16(14)19)21-11-15-9-13-5-1-3-7-18(13)25-15/h2,4,6,8-9,12,17,21H,1,3,5,7,10-11H2,(H,22,23). The molecule has 5 nitrogen and oxygen atoms in total. The number of hydrogen-bond acceptors (Lipinski definition) is 4. The first kappa shape index (κ1) is 16.0. The molecule has 2 N–H and O–H groups in total. The van der Waals surface area contributed by atoms with Crippen molar-refractivity contribution in [2.24, 2.45) is 0 Å². The number of rotatable bonds is 6. The fourth-order valence-corrected chi connectivity index (χ4v) is 3.52. The van der Waals surface area contributed by atoms with Crippen molar-refractivity contribution in [2.75, 3.05) is 0 Å². The summed E-state index contributed by atoms with van der Waals surface area (Å²) >= 11 is 0. The van der Waals surface area contributed by atoms with Gasteiger partial charge in [0, 0.05) is 23.8 Å². The van der Waals surface area contributed by atoms with Crippen LogP contribution in [0.15, 0.2) is 45.4 Å². The maximum atomic E-state index is 11.7. The summed E-state index contributed by atoms with van der Waals surface area (Å²) in [7, 11) is 0. The number of fused-ring (bicyclic) bond motifs is 2. The van der Waals surface area contributed by atoms with Gasteiger partial charge in [0.1, 0.15) is 23.1 Å². The molecule has 0 saturated heterocycles. The van der Waals surface area contributed by atoms with Crippen molar-refractivity contribution in [1.82, 2.24) is 5.32 Å². The molecule has 1 unspecified atom stereocenters. The van der Waals surface area contributed by atoms with E-state index in [9.17, 15) is 9.90 Å². The van der Waals surface area contributed by atoms with E-state index in [1.807, 2.05) is 24.3 Å². The Kier molecular flexibility index (Phi) is 4.32. The summed E-state index contributed by atoms with van der Waals surface area (Å²) in [6, 6.07) is 9.04. The second-order valence-electron chi connectivity index (χ2n) is 6.60. The van der Waals surface area contributed by atoms with Gasteiger partial charge < -0.3 is 13.9 Å². The van der Waals surface area contributed by atoms with E-state index in [1.54, 1.807) is 6.26 Å². The van der Waals surface area contributed by atoms with Crippen LogP contribution in [-0.2, 0) is 30.6 Å². The van der Waals surface area contributed by atoms with Gasteiger partial charge in [0.25, 0.3) is 0 Å². The molecule has 0 aliphatic heterocycles. The van der Waals surface area contributed by atoms with Gasteiger partial charge in [0.15, 0.2) is 0 Å². The molecule has 1 aliphatic carbocycles. The molecule has 0 spiro atoms. The van der Waals surface area contributed by atoms with E-state index < -0.39 is 12.0 Å². The highest BCUT2D eigenvalue weighted by molar-refractivity contribution is 5.82. The lowest BCUT2D eigenvalue weighted by Gasteiger charge is -2.12. The summed E-state index contributed by atoms with van der Waals surface area (Å²) in [4.78, 5) is 11.7. The predicted octanol–water partition coefficient (Wildman–Crippen LogP) is 3.69. The van der Waals surface area contributed by atoms with Crippen molar-refractivity contribution in [2.45, 2.75) is 44.7 Å². The number of carboxylic acids is 1. The minimum atomic E-state index is -0.874. The number of benzene rings is 1. The second kappa shape index (κ2) is 6.76. The molecule has 1 aliphatic rings. The summed E-state index contributed by atoms with van der Waals surface area (Å²) in [5, 5.41) is 13.6. The highest BCUT2D eigenvalue weighted by Gasteiger charge is 2.21. The zero-order chi connectivity index (χ0) is 17.2. The molecule has 130 valence electrons. The van der Waals surface area contributed by atoms with Crippen molar-refractivity contribution in [3.05, 3.63) is 59.2 Å². The topological polar surface area (TPSA) is 75.6 Å². The third-order valence-corrected chi connectivity index (χ3v) is 4.85. The fourth-order valence-electron chi connectivity index (χ4n) is 3.52. The number of carboxylic acid groups (broad SMARTS) is 1. The molecule has 25 heavy (non-hydrogen) atoms. The van der Waals surface area contributed by atoms with Gasteiger partial charge in [-0.1, -0.05) is 18.2 Å². The zero-order valence-electron chi connectivity index (χ0n) is 14.0. The molecular weight excluding hydrogens is 318 g/mol. The van der Waals surface area contributed by atoms with Crippen LogP contribution in [0, 0.1) is 0 Å². The Morgan fingerprint density at radius 1 is 1.24 bits per heavy atom. The molecule has 0 saturated carbocycles. The molecule has 1 aromatic carbocycles. The monoisotopic (exact) mass is 339 g/mol. The van der Waals surface area contributed by atoms with E-state index in [0.717, 1.165) is 40.9 Å². The third kappa shape index (κ3) is 3.33. The number of hydrogen-bond donors (Lipinski definition) is 2. The van der Waals surface area contributed by atoms with Crippen LogP contribution in [0.2, 0.25) is 0 Å². The summed E-state index contributed by atoms with van der Waals surface area (Å²) in [5.41, 5.74) is 2.95. The quantitative estimate of drug-likeness (QED) is 0.716. The molecule has 1 atom stereocenters. The average molecular weight is 339 g/mol. The van der Waals surface area contributed by atoms with Crippen LogP contribution in [0.25, 0.3) is 11.0 Å². The molecule has 0 radical (unpaired) electrons. The van der Waals surface area contributed by atoms with E-state index in [4.69, 9.17) is 8.83 Å². The Bertz CT molecular complexity index is 869. The second-order valence-corrected chi connectivity index (χ2v) is 6.60. The summed E-state index contributed by atoms with van der Waals surface area (Å²) in [5.74, 6) is 1.01. The average Bonchev–Trinajstić information content (AvgIpc) is 3.22. The Hall–Kier alpha value is -2.53. The lowest BCUT2D eigenvalue weighted by Crippen LogP contribution is -2.37. The molecule has 5 heteroatoms. The Morgan fingerprint density at radius 2 is 2.08 bits per heavy atom. The maximum Gasteiger partial charge on any atom is 0.321 e. The highest BCUT2D eigenvalue weighted by atomic mass is 16.4.